The van der Waals surface area contributed by atoms with Crippen molar-refractivity contribution in [1.29, 1.82) is 0 Å². The maximum atomic E-state index is 10.3. The van der Waals surface area contributed by atoms with Crippen molar-refractivity contribution in [2.24, 2.45) is 0 Å². The van der Waals surface area contributed by atoms with Gasteiger partial charge in [0.25, 0.3) is 0 Å². The number of nitrogens with zero attached hydrogens (tertiary/aromatic N) is 2. The van der Waals surface area contributed by atoms with Crippen LogP contribution in [-0.2, 0) is 4.79 Å². The molecule has 0 aliphatic carbocycles. The van der Waals surface area contributed by atoms with E-state index in [9.17, 15) is 14.9 Å². The van der Waals surface area contributed by atoms with Gasteiger partial charge < -0.3 is 10.4 Å². The number of aliphatic carboxylic acids is 1. The summed E-state index contributed by atoms with van der Waals surface area (Å²) in [5.74, 6) is -0.859. The van der Waals surface area contributed by atoms with Gasteiger partial charge in [-0.25, -0.2) is 4.98 Å². The van der Waals surface area contributed by atoms with E-state index < -0.39 is 10.9 Å². The monoisotopic (exact) mass is 231 g/mol. The average Bonchev–Trinajstić information content (AvgIpc) is 2.60. The first-order valence-electron chi connectivity index (χ1n) is 4.15. The van der Waals surface area contributed by atoms with Gasteiger partial charge in [0.05, 0.1) is 4.92 Å². The summed E-state index contributed by atoms with van der Waals surface area (Å²) >= 11 is 0.931. The molecule has 82 valence electrons. The molecule has 8 heteroatoms. The lowest BCUT2D eigenvalue weighted by atomic mass is 10.3. The molecule has 0 radical (unpaired) electrons. The Hall–Kier alpha value is -1.70. The lowest BCUT2D eigenvalue weighted by Gasteiger charge is -1.98. The summed E-state index contributed by atoms with van der Waals surface area (Å²) in [6.07, 6.45) is 1.70. The summed E-state index contributed by atoms with van der Waals surface area (Å²) in [6, 6.07) is 0. The minimum atomic E-state index is -0.859. The van der Waals surface area contributed by atoms with Gasteiger partial charge in [0.2, 0.25) is 0 Å². The van der Waals surface area contributed by atoms with Gasteiger partial charge in [-0.15, -0.1) is 0 Å². The standard InChI is InChI=1S/C7H9N3O4S/c11-6(12)2-1-3-8-7-9-4-5(15-7)10(13)14/h4H,1-3H2,(H,8,9)(H,11,12). The van der Waals surface area contributed by atoms with Crippen LogP contribution in [0.3, 0.4) is 0 Å². The number of anilines is 1. The molecule has 0 saturated carbocycles. The number of nitrogens with one attached hydrogen (secondary N) is 1. The topological polar surface area (TPSA) is 105 Å². The molecule has 1 rings (SSSR count). The summed E-state index contributed by atoms with van der Waals surface area (Å²) in [5.41, 5.74) is 0. The van der Waals surface area contributed by atoms with Crippen molar-refractivity contribution in [2.75, 3.05) is 11.9 Å². The van der Waals surface area contributed by atoms with Crippen LogP contribution in [0.25, 0.3) is 0 Å². The van der Waals surface area contributed by atoms with Crippen LogP contribution in [0.2, 0.25) is 0 Å². The van der Waals surface area contributed by atoms with E-state index >= 15 is 0 Å². The van der Waals surface area contributed by atoms with Crippen molar-refractivity contribution >= 4 is 27.4 Å². The van der Waals surface area contributed by atoms with Crippen LogP contribution in [0, 0.1) is 10.1 Å². The number of nitro groups is 1. The van der Waals surface area contributed by atoms with Crippen LogP contribution in [0.4, 0.5) is 10.1 Å². The highest BCUT2D eigenvalue weighted by molar-refractivity contribution is 7.18. The lowest BCUT2D eigenvalue weighted by Crippen LogP contribution is -2.04. The normalized spacial score (nSPS) is 9.87. The summed E-state index contributed by atoms with van der Waals surface area (Å²) in [6.45, 7) is 0.441. The molecule has 0 unspecified atom stereocenters. The molecule has 0 aromatic carbocycles. The first-order valence-corrected chi connectivity index (χ1v) is 4.97. The van der Waals surface area contributed by atoms with Crippen molar-refractivity contribution in [3.63, 3.8) is 0 Å². The highest BCUT2D eigenvalue weighted by atomic mass is 32.1. The van der Waals surface area contributed by atoms with Crippen molar-refractivity contribution in [1.82, 2.24) is 4.98 Å². The Bertz CT molecular complexity index is 365. The van der Waals surface area contributed by atoms with E-state index in [4.69, 9.17) is 5.11 Å². The molecule has 1 aromatic heterocycles. The van der Waals surface area contributed by atoms with E-state index in [1.165, 1.54) is 6.20 Å². The molecule has 0 aliphatic rings. The van der Waals surface area contributed by atoms with Crippen molar-refractivity contribution in [2.45, 2.75) is 12.8 Å². The third kappa shape index (κ3) is 3.90. The van der Waals surface area contributed by atoms with Crippen LogP contribution in [0.1, 0.15) is 12.8 Å². The van der Waals surface area contributed by atoms with E-state index in [1.54, 1.807) is 0 Å². The number of hydrogen-bond acceptors (Lipinski definition) is 6. The minimum Gasteiger partial charge on any atom is -0.481 e. The molecule has 0 atom stereocenters. The predicted octanol–water partition coefficient (Wildman–Crippen LogP) is 1.33. The minimum absolute atomic E-state index is 0.0317. The molecular weight excluding hydrogens is 222 g/mol. The van der Waals surface area contributed by atoms with Crippen LogP contribution in [0.15, 0.2) is 6.20 Å². The van der Waals surface area contributed by atoms with Gasteiger partial charge in [-0.2, -0.15) is 0 Å². The van der Waals surface area contributed by atoms with Crippen molar-refractivity contribution in [3.8, 4) is 0 Å². The van der Waals surface area contributed by atoms with Crippen molar-refractivity contribution in [3.05, 3.63) is 16.3 Å². The number of carboxylic acid groups (broad SMARTS) is 1. The van der Waals surface area contributed by atoms with E-state index in [-0.39, 0.29) is 11.4 Å². The third-order valence-corrected chi connectivity index (χ3v) is 2.42. The fourth-order valence-electron chi connectivity index (χ4n) is 0.867. The summed E-state index contributed by atoms with van der Waals surface area (Å²) in [7, 11) is 0. The largest absolute Gasteiger partial charge is 0.481 e. The van der Waals surface area contributed by atoms with Gasteiger partial charge in [-0.1, -0.05) is 0 Å². The van der Waals surface area contributed by atoms with E-state index in [0.29, 0.717) is 18.1 Å². The second kappa shape index (κ2) is 5.25. The molecule has 1 heterocycles. The molecule has 2 N–H and O–H groups in total. The van der Waals surface area contributed by atoms with Crippen LogP contribution in [0.5, 0.6) is 0 Å². The second-order valence-corrected chi connectivity index (χ2v) is 3.69. The lowest BCUT2D eigenvalue weighted by molar-refractivity contribution is -0.380. The van der Waals surface area contributed by atoms with Gasteiger partial charge in [0, 0.05) is 13.0 Å². The summed E-state index contributed by atoms with van der Waals surface area (Å²) < 4.78 is 0. The first kappa shape index (κ1) is 11.4. The van der Waals surface area contributed by atoms with Crippen LogP contribution < -0.4 is 5.32 Å². The zero-order valence-corrected chi connectivity index (χ0v) is 8.49. The number of thiazole rings is 1. The van der Waals surface area contributed by atoms with E-state index in [0.717, 1.165) is 11.3 Å². The zero-order chi connectivity index (χ0) is 11.3. The van der Waals surface area contributed by atoms with Gasteiger partial charge in [0.15, 0.2) is 5.13 Å². The fraction of sp³-hybridized carbons (Fsp3) is 0.429. The maximum absolute atomic E-state index is 10.3. The Morgan fingerprint density at radius 2 is 2.47 bits per heavy atom. The smallest absolute Gasteiger partial charge is 0.345 e. The number of carbonyl (C=O) groups is 1. The molecule has 0 amide bonds. The summed E-state index contributed by atoms with van der Waals surface area (Å²) in [5, 5.41) is 21.9. The maximum Gasteiger partial charge on any atom is 0.345 e. The van der Waals surface area contributed by atoms with Crippen LogP contribution in [-0.4, -0.2) is 27.5 Å². The van der Waals surface area contributed by atoms with Gasteiger partial charge in [0.1, 0.15) is 6.20 Å². The highest BCUT2D eigenvalue weighted by Gasteiger charge is 2.10. The van der Waals surface area contributed by atoms with E-state index in [1.807, 2.05) is 0 Å². The van der Waals surface area contributed by atoms with Crippen molar-refractivity contribution < 1.29 is 14.8 Å². The molecule has 1 aromatic rings. The quantitative estimate of drug-likeness (QED) is 0.434. The zero-order valence-electron chi connectivity index (χ0n) is 7.67. The van der Waals surface area contributed by atoms with Crippen LogP contribution >= 0.6 is 11.3 Å². The van der Waals surface area contributed by atoms with Gasteiger partial charge in [-0.3, -0.25) is 14.9 Å². The Labute approximate surface area is 88.9 Å². The Morgan fingerprint density at radius 1 is 1.73 bits per heavy atom. The Kier molecular flexibility index (Phi) is 3.98. The fourth-order valence-corrected chi connectivity index (χ4v) is 1.52. The SMILES string of the molecule is O=C(O)CCCNc1ncc([N+](=O)[O-])s1. The number of hydrogen-bond donors (Lipinski definition) is 2. The Balaban J connectivity index is 2.31. The number of rotatable bonds is 6. The number of carboxylic acids is 1. The molecule has 0 saturated heterocycles. The molecule has 0 spiro atoms. The molecular formula is C7H9N3O4S. The molecule has 0 fully saturated rings. The first-order chi connectivity index (χ1) is 7.09. The molecule has 15 heavy (non-hydrogen) atoms. The molecule has 0 aliphatic heterocycles. The third-order valence-electron chi connectivity index (χ3n) is 1.52. The summed E-state index contributed by atoms with van der Waals surface area (Å²) in [4.78, 5) is 23.7. The average molecular weight is 231 g/mol. The van der Waals surface area contributed by atoms with Gasteiger partial charge in [-0.05, 0) is 17.8 Å². The molecule has 7 nitrogen and oxygen atoms in total. The van der Waals surface area contributed by atoms with Gasteiger partial charge >= 0.3 is 11.0 Å². The predicted molar refractivity (Wildman–Crippen MR) is 54.1 cm³/mol. The molecule has 0 bridgehead atoms. The second-order valence-electron chi connectivity index (χ2n) is 2.68. The highest BCUT2D eigenvalue weighted by Crippen LogP contribution is 2.24. The number of aromatic nitrogens is 1. The van der Waals surface area contributed by atoms with E-state index in [2.05, 4.69) is 10.3 Å². The Morgan fingerprint density at radius 3 is 3.00 bits per heavy atom.